The standard InChI is InChI=1S/C14H12BrClO/c1-10(15)11-6-2-4-8-13(11)17-14-9-5-3-7-12(14)16/h2-10H,1H3. The van der Waals surface area contributed by atoms with Gasteiger partial charge < -0.3 is 4.74 Å². The van der Waals surface area contributed by atoms with Gasteiger partial charge in [0.15, 0.2) is 0 Å². The van der Waals surface area contributed by atoms with Crippen molar-refractivity contribution in [3.05, 3.63) is 59.1 Å². The van der Waals surface area contributed by atoms with Crippen LogP contribution >= 0.6 is 27.5 Å². The molecule has 0 aliphatic rings. The Labute approximate surface area is 115 Å². The molecule has 0 N–H and O–H groups in total. The lowest BCUT2D eigenvalue weighted by Crippen LogP contribution is -1.92. The van der Waals surface area contributed by atoms with E-state index in [0.717, 1.165) is 11.3 Å². The van der Waals surface area contributed by atoms with Gasteiger partial charge in [0, 0.05) is 10.4 Å². The zero-order chi connectivity index (χ0) is 12.3. The molecule has 0 amide bonds. The fourth-order valence-corrected chi connectivity index (χ4v) is 2.10. The van der Waals surface area contributed by atoms with E-state index in [1.807, 2.05) is 48.5 Å². The van der Waals surface area contributed by atoms with Crippen molar-refractivity contribution >= 4 is 27.5 Å². The molecule has 0 aromatic heterocycles. The Morgan fingerprint density at radius 2 is 1.59 bits per heavy atom. The molecule has 0 radical (unpaired) electrons. The summed E-state index contributed by atoms with van der Waals surface area (Å²) in [7, 11) is 0. The molecule has 0 bridgehead atoms. The molecule has 2 aromatic carbocycles. The molecule has 1 unspecified atom stereocenters. The first kappa shape index (κ1) is 12.5. The molecule has 1 nitrogen and oxygen atoms in total. The molecule has 2 aromatic rings. The quantitative estimate of drug-likeness (QED) is 0.672. The van der Waals surface area contributed by atoms with Crippen LogP contribution in [0.15, 0.2) is 48.5 Å². The summed E-state index contributed by atoms with van der Waals surface area (Å²) in [6.45, 7) is 2.06. The molecule has 3 heteroatoms. The van der Waals surface area contributed by atoms with Gasteiger partial charge in [0.1, 0.15) is 11.5 Å². The summed E-state index contributed by atoms with van der Waals surface area (Å²) in [4.78, 5) is 0.237. The maximum absolute atomic E-state index is 6.07. The smallest absolute Gasteiger partial charge is 0.146 e. The summed E-state index contributed by atoms with van der Waals surface area (Å²) >= 11 is 9.62. The lowest BCUT2D eigenvalue weighted by Gasteiger charge is -2.13. The molecular formula is C14H12BrClO. The number of hydrogen-bond donors (Lipinski definition) is 0. The minimum atomic E-state index is 0.237. The number of alkyl halides is 1. The fraction of sp³-hybridized carbons (Fsp3) is 0.143. The molecule has 88 valence electrons. The molecule has 2 rings (SSSR count). The van der Waals surface area contributed by atoms with Gasteiger partial charge in [-0.05, 0) is 25.1 Å². The molecular weight excluding hydrogens is 300 g/mol. The van der Waals surface area contributed by atoms with Gasteiger partial charge in [-0.25, -0.2) is 0 Å². The van der Waals surface area contributed by atoms with Gasteiger partial charge in [0.2, 0.25) is 0 Å². The average molecular weight is 312 g/mol. The summed E-state index contributed by atoms with van der Waals surface area (Å²) in [6, 6.07) is 15.4. The van der Waals surface area contributed by atoms with E-state index in [0.29, 0.717) is 10.8 Å². The van der Waals surface area contributed by atoms with Crippen molar-refractivity contribution in [1.29, 1.82) is 0 Å². The van der Waals surface area contributed by atoms with E-state index in [1.54, 1.807) is 0 Å². The predicted molar refractivity (Wildman–Crippen MR) is 75.3 cm³/mol. The second-order valence-corrected chi connectivity index (χ2v) is 5.47. The normalized spacial score (nSPS) is 12.2. The zero-order valence-corrected chi connectivity index (χ0v) is 11.7. The van der Waals surface area contributed by atoms with Crippen molar-refractivity contribution in [2.75, 3.05) is 0 Å². The van der Waals surface area contributed by atoms with Crippen LogP contribution in [0.1, 0.15) is 17.3 Å². The van der Waals surface area contributed by atoms with Crippen LogP contribution in [0.2, 0.25) is 5.02 Å². The largest absolute Gasteiger partial charge is 0.455 e. The molecule has 0 aliphatic heterocycles. The summed E-state index contributed by atoms with van der Waals surface area (Å²) < 4.78 is 5.84. The Morgan fingerprint density at radius 1 is 1.00 bits per heavy atom. The zero-order valence-electron chi connectivity index (χ0n) is 9.36. The third-order valence-corrected chi connectivity index (χ3v) is 3.21. The number of ether oxygens (including phenoxy) is 1. The van der Waals surface area contributed by atoms with Crippen molar-refractivity contribution < 1.29 is 4.74 Å². The first-order chi connectivity index (χ1) is 8.18. The Morgan fingerprint density at radius 3 is 2.24 bits per heavy atom. The van der Waals surface area contributed by atoms with Gasteiger partial charge in [0.05, 0.1) is 5.02 Å². The van der Waals surface area contributed by atoms with Crippen LogP contribution in [0.3, 0.4) is 0 Å². The number of para-hydroxylation sites is 2. The summed E-state index contributed by atoms with van der Waals surface area (Å²) in [5.74, 6) is 1.50. The Balaban J connectivity index is 2.34. The van der Waals surface area contributed by atoms with Crippen LogP contribution in [0.4, 0.5) is 0 Å². The van der Waals surface area contributed by atoms with Gasteiger partial charge >= 0.3 is 0 Å². The molecule has 0 spiro atoms. The first-order valence-electron chi connectivity index (χ1n) is 5.34. The van der Waals surface area contributed by atoms with Gasteiger partial charge in [-0.3, -0.25) is 0 Å². The Kier molecular flexibility index (Phi) is 4.08. The maximum atomic E-state index is 6.07. The van der Waals surface area contributed by atoms with Gasteiger partial charge in [-0.2, -0.15) is 0 Å². The van der Waals surface area contributed by atoms with E-state index < -0.39 is 0 Å². The SMILES string of the molecule is CC(Br)c1ccccc1Oc1ccccc1Cl. The second kappa shape index (κ2) is 5.56. The van der Waals surface area contributed by atoms with E-state index in [2.05, 4.69) is 22.9 Å². The van der Waals surface area contributed by atoms with Crippen molar-refractivity contribution in [2.45, 2.75) is 11.8 Å². The molecule has 1 atom stereocenters. The highest BCUT2D eigenvalue weighted by atomic mass is 79.9. The number of benzene rings is 2. The number of rotatable bonds is 3. The average Bonchev–Trinajstić information content (AvgIpc) is 2.32. The van der Waals surface area contributed by atoms with E-state index in [4.69, 9.17) is 16.3 Å². The molecule has 0 aliphatic carbocycles. The topological polar surface area (TPSA) is 9.23 Å². The number of halogens is 2. The van der Waals surface area contributed by atoms with Crippen LogP contribution < -0.4 is 4.74 Å². The third-order valence-electron chi connectivity index (χ3n) is 2.40. The summed E-state index contributed by atoms with van der Waals surface area (Å²) in [5, 5.41) is 0.615. The van der Waals surface area contributed by atoms with Gasteiger partial charge in [-0.1, -0.05) is 57.9 Å². The van der Waals surface area contributed by atoms with Crippen molar-refractivity contribution in [2.24, 2.45) is 0 Å². The van der Waals surface area contributed by atoms with E-state index in [1.165, 1.54) is 0 Å². The van der Waals surface area contributed by atoms with Crippen LogP contribution in [0, 0.1) is 0 Å². The van der Waals surface area contributed by atoms with Crippen LogP contribution in [-0.4, -0.2) is 0 Å². The third kappa shape index (κ3) is 3.02. The van der Waals surface area contributed by atoms with Crippen molar-refractivity contribution in [3.8, 4) is 11.5 Å². The fourth-order valence-electron chi connectivity index (χ4n) is 1.55. The number of hydrogen-bond acceptors (Lipinski definition) is 1. The van der Waals surface area contributed by atoms with Crippen LogP contribution in [0.5, 0.6) is 11.5 Å². The highest BCUT2D eigenvalue weighted by molar-refractivity contribution is 9.09. The maximum Gasteiger partial charge on any atom is 0.146 e. The van der Waals surface area contributed by atoms with Crippen LogP contribution in [0.25, 0.3) is 0 Å². The molecule has 17 heavy (non-hydrogen) atoms. The first-order valence-corrected chi connectivity index (χ1v) is 6.63. The predicted octanol–water partition coefficient (Wildman–Crippen LogP) is 5.59. The van der Waals surface area contributed by atoms with Crippen molar-refractivity contribution in [3.63, 3.8) is 0 Å². The summed E-state index contributed by atoms with van der Waals surface area (Å²) in [5.41, 5.74) is 1.10. The molecule has 0 fully saturated rings. The monoisotopic (exact) mass is 310 g/mol. The van der Waals surface area contributed by atoms with E-state index in [-0.39, 0.29) is 4.83 Å². The Bertz CT molecular complexity index is 511. The van der Waals surface area contributed by atoms with E-state index in [9.17, 15) is 0 Å². The van der Waals surface area contributed by atoms with Crippen molar-refractivity contribution in [1.82, 2.24) is 0 Å². The highest BCUT2D eigenvalue weighted by Gasteiger charge is 2.10. The second-order valence-electron chi connectivity index (χ2n) is 3.69. The molecule has 0 saturated heterocycles. The lowest BCUT2D eigenvalue weighted by atomic mass is 10.1. The van der Waals surface area contributed by atoms with E-state index >= 15 is 0 Å². The highest BCUT2D eigenvalue weighted by Crippen LogP contribution is 2.35. The summed E-state index contributed by atoms with van der Waals surface area (Å²) in [6.07, 6.45) is 0. The minimum absolute atomic E-state index is 0.237. The van der Waals surface area contributed by atoms with Gasteiger partial charge in [-0.15, -0.1) is 0 Å². The van der Waals surface area contributed by atoms with Crippen LogP contribution in [-0.2, 0) is 0 Å². The minimum Gasteiger partial charge on any atom is -0.455 e. The lowest BCUT2D eigenvalue weighted by molar-refractivity contribution is 0.477. The molecule has 0 heterocycles. The Hall–Kier alpha value is -0.990. The molecule has 0 saturated carbocycles. The van der Waals surface area contributed by atoms with Gasteiger partial charge in [0.25, 0.3) is 0 Å².